The summed E-state index contributed by atoms with van der Waals surface area (Å²) in [6.45, 7) is 7.43. The fraction of sp³-hybridized carbons (Fsp3) is 0.100. The number of ether oxygens (including phenoxy) is 1. The average molecular weight is 161 g/mol. The van der Waals surface area contributed by atoms with Crippen molar-refractivity contribution in [2.24, 2.45) is 0 Å². The summed E-state index contributed by atoms with van der Waals surface area (Å²) < 4.78 is 5.01. The van der Waals surface area contributed by atoms with Crippen molar-refractivity contribution in [2.75, 3.05) is 7.11 Å². The Hall–Kier alpha value is -1.57. The highest BCUT2D eigenvalue weighted by Crippen LogP contribution is 2.17. The molecule has 12 heavy (non-hydrogen) atoms. The van der Waals surface area contributed by atoms with Gasteiger partial charge in [0.1, 0.15) is 5.76 Å². The first kappa shape index (κ1) is 8.53. The van der Waals surface area contributed by atoms with Crippen molar-refractivity contribution in [1.82, 2.24) is 4.98 Å². The monoisotopic (exact) mass is 161 g/mol. The quantitative estimate of drug-likeness (QED) is 0.635. The summed E-state index contributed by atoms with van der Waals surface area (Å²) in [5, 5.41) is 0. The van der Waals surface area contributed by atoms with Crippen LogP contribution in [0, 0.1) is 0 Å². The summed E-state index contributed by atoms with van der Waals surface area (Å²) in [4.78, 5) is 3.96. The van der Waals surface area contributed by atoms with Crippen molar-refractivity contribution < 1.29 is 4.74 Å². The van der Waals surface area contributed by atoms with Gasteiger partial charge in [0.25, 0.3) is 0 Å². The molecule has 0 radical (unpaired) electrons. The first-order valence-electron chi connectivity index (χ1n) is 3.59. The number of hydrogen-bond donors (Lipinski definition) is 0. The van der Waals surface area contributed by atoms with Crippen LogP contribution in [0.3, 0.4) is 0 Å². The molecule has 1 heterocycles. The van der Waals surface area contributed by atoms with E-state index in [1.165, 1.54) is 0 Å². The highest BCUT2D eigenvalue weighted by atomic mass is 16.5. The third-order valence-electron chi connectivity index (χ3n) is 1.62. The summed E-state index contributed by atoms with van der Waals surface area (Å²) in [5.74, 6) is 0.632. The topological polar surface area (TPSA) is 22.1 Å². The summed E-state index contributed by atoms with van der Waals surface area (Å²) in [6, 6.07) is 1.85. The zero-order chi connectivity index (χ0) is 8.97. The maximum atomic E-state index is 5.01. The van der Waals surface area contributed by atoms with Crippen LogP contribution in [0.25, 0.3) is 11.8 Å². The van der Waals surface area contributed by atoms with Gasteiger partial charge in [-0.15, -0.1) is 0 Å². The molecule has 0 spiro atoms. The van der Waals surface area contributed by atoms with Crippen LogP contribution in [0.2, 0.25) is 0 Å². The van der Waals surface area contributed by atoms with E-state index in [0.717, 1.165) is 11.1 Å². The van der Waals surface area contributed by atoms with E-state index < -0.39 is 0 Å². The molecule has 0 aliphatic heterocycles. The van der Waals surface area contributed by atoms with Gasteiger partial charge in [-0.05, 0) is 6.07 Å². The Labute approximate surface area is 72.2 Å². The molecule has 0 unspecified atom stereocenters. The summed E-state index contributed by atoms with van der Waals surface area (Å²) in [5.41, 5.74) is 1.87. The number of aromatic nitrogens is 1. The van der Waals surface area contributed by atoms with Gasteiger partial charge in [-0.2, -0.15) is 0 Å². The van der Waals surface area contributed by atoms with Crippen molar-refractivity contribution in [1.29, 1.82) is 0 Å². The van der Waals surface area contributed by atoms with Crippen molar-refractivity contribution in [3.8, 4) is 0 Å². The van der Waals surface area contributed by atoms with Crippen LogP contribution in [0.1, 0.15) is 11.1 Å². The lowest BCUT2D eigenvalue weighted by Crippen LogP contribution is -1.90. The maximum Gasteiger partial charge on any atom is 0.119 e. The standard InChI is InChI=1S/C10H11NO/c1-4-9-7-11-6-5-10(9)8(2)12-3/h4-7H,1-2H2,3H3. The molecular formula is C10H11NO. The van der Waals surface area contributed by atoms with E-state index >= 15 is 0 Å². The van der Waals surface area contributed by atoms with E-state index in [2.05, 4.69) is 18.1 Å². The fourth-order valence-electron chi connectivity index (χ4n) is 0.933. The zero-order valence-corrected chi connectivity index (χ0v) is 7.08. The van der Waals surface area contributed by atoms with Gasteiger partial charge in [-0.25, -0.2) is 0 Å². The molecule has 0 N–H and O–H groups in total. The minimum atomic E-state index is 0.632. The van der Waals surface area contributed by atoms with Gasteiger partial charge in [0.05, 0.1) is 7.11 Å². The minimum absolute atomic E-state index is 0.632. The molecule has 2 heteroatoms. The Morgan fingerprint density at radius 2 is 2.42 bits per heavy atom. The molecule has 0 amide bonds. The molecule has 0 fully saturated rings. The van der Waals surface area contributed by atoms with Crippen molar-refractivity contribution >= 4 is 11.8 Å². The van der Waals surface area contributed by atoms with E-state index in [9.17, 15) is 0 Å². The zero-order valence-electron chi connectivity index (χ0n) is 7.08. The van der Waals surface area contributed by atoms with Gasteiger partial charge >= 0.3 is 0 Å². The predicted molar refractivity (Wildman–Crippen MR) is 50.4 cm³/mol. The molecule has 0 bridgehead atoms. The Morgan fingerprint density at radius 3 is 3.00 bits per heavy atom. The molecule has 0 aliphatic carbocycles. The second-order valence-electron chi connectivity index (χ2n) is 2.29. The average Bonchev–Trinajstić information content (AvgIpc) is 2.16. The molecule has 1 aromatic heterocycles. The highest BCUT2D eigenvalue weighted by Gasteiger charge is 2.01. The van der Waals surface area contributed by atoms with Gasteiger partial charge in [0.15, 0.2) is 0 Å². The molecule has 0 saturated heterocycles. The largest absolute Gasteiger partial charge is 0.497 e. The second-order valence-corrected chi connectivity index (χ2v) is 2.29. The van der Waals surface area contributed by atoms with Crippen LogP contribution in [0.5, 0.6) is 0 Å². The molecule has 0 atom stereocenters. The Kier molecular flexibility index (Phi) is 2.64. The number of rotatable bonds is 3. The maximum absolute atomic E-state index is 5.01. The number of hydrogen-bond acceptors (Lipinski definition) is 2. The van der Waals surface area contributed by atoms with Crippen molar-refractivity contribution in [2.45, 2.75) is 0 Å². The smallest absolute Gasteiger partial charge is 0.119 e. The van der Waals surface area contributed by atoms with E-state index in [1.807, 2.05) is 6.07 Å². The first-order valence-corrected chi connectivity index (χ1v) is 3.59. The van der Waals surface area contributed by atoms with Crippen LogP contribution < -0.4 is 0 Å². The molecule has 2 nitrogen and oxygen atoms in total. The molecular weight excluding hydrogens is 150 g/mol. The van der Waals surface area contributed by atoms with Crippen LogP contribution >= 0.6 is 0 Å². The second kappa shape index (κ2) is 3.72. The van der Waals surface area contributed by atoms with Crippen LogP contribution in [0.4, 0.5) is 0 Å². The summed E-state index contributed by atoms with van der Waals surface area (Å²) in [7, 11) is 1.59. The number of methoxy groups -OCH3 is 1. The highest BCUT2D eigenvalue weighted by molar-refractivity contribution is 5.67. The normalized spacial score (nSPS) is 9.08. The minimum Gasteiger partial charge on any atom is -0.497 e. The van der Waals surface area contributed by atoms with Gasteiger partial charge < -0.3 is 4.74 Å². The molecule has 0 saturated carbocycles. The van der Waals surface area contributed by atoms with E-state index in [4.69, 9.17) is 4.74 Å². The lowest BCUT2D eigenvalue weighted by molar-refractivity contribution is 0.371. The van der Waals surface area contributed by atoms with Crippen LogP contribution in [-0.2, 0) is 4.74 Å². The molecule has 0 aliphatic rings. The van der Waals surface area contributed by atoms with Crippen LogP contribution in [0.15, 0.2) is 31.6 Å². The lowest BCUT2D eigenvalue weighted by Gasteiger charge is -2.06. The van der Waals surface area contributed by atoms with Gasteiger partial charge in [0.2, 0.25) is 0 Å². The van der Waals surface area contributed by atoms with Crippen LogP contribution in [-0.4, -0.2) is 12.1 Å². The van der Waals surface area contributed by atoms with E-state index in [1.54, 1.807) is 25.6 Å². The number of pyridine rings is 1. The predicted octanol–water partition coefficient (Wildman–Crippen LogP) is 2.34. The van der Waals surface area contributed by atoms with Gasteiger partial charge in [-0.3, -0.25) is 4.98 Å². The third-order valence-corrected chi connectivity index (χ3v) is 1.62. The number of nitrogens with zero attached hydrogens (tertiary/aromatic N) is 1. The Morgan fingerprint density at radius 1 is 1.67 bits per heavy atom. The van der Waals surface area contributed by atoms with Gasteiger partial charge in [0, 0.05) is 23.5 Å². The molecule has 62 valence electrons. The molecule has 1 rings (SSSR count). The first-order chi connectivity index (χ1) is 5.79. The lowest BCUT2D eigenvalue weighted by atomic mass is 10.1. The van der Waals surface area contributed by atoms with E-state index in [0.29, 0.717) is 5.76 Å². The van der Waals surface area contributed by atoms with Crippen molar-refractivity contribution in [3.63, 3.8) is 0 Å². The molecule has 0 aromatic carbocycles. The Balaban J connectivity index is 3.13. The Bertz CT molecular complexity index is 304. The van der Waals surface area contributed by atoms with E-state index in [-0.39, 0.29) is 0 Å². The summed E-state index contributed by atoms with van der Waals surface area (Å²) in [6.07, 6.45) is 5.16. The molecule has 1 aromatic rings. The third kappa shape index (κ3) is 1.53. The fourth-order valence-corrected chi connectivity index (χ4v) is 0.933. The summed E-state index contributed by atoms with van der Waals surface area (Å²) >= 11 is 0. The SMILES string of the molecule is C=Cc1cnccc1C(=C)OC. The van der Waals surface area contributed by atoms with Gasteiger partial charge in [-0.1, -0.05) is 19.2 Å². The van der Waals surface area contributed by atoms with Crippen molar-refractivity contribution in [3.05, 3.63) is 42.7 Å².